The molecule has 0 bridgehead atoms. The molecular weight excluding hydrogens is 360 g/mol. The van der Waals surface area contributed by atoms with Gasteiger partial charge in [-0.3, -0.25) is 9.59 Å². The summed E-state index contributed by atoms with van der Waals surface area (Å²) in [6.45, 7) is 3.76. The monoisotopic (exact) mass is 380 g/mol. The van der Waals surface area contributed by atoms with Crippen molar-refractivity contribution in [3.05, 3.63) is 64.4 Å². The molecule has 0 spiro atoms. The van der Waals surface area contributed by atoms with Gasteiger partial charge >= 0.3 is 5.97 Å². The van der Waals surface area contributed by atoms with E-state index in [0.717, 1.165) is 4.68 Å². The Labute approximate surface area is 161 Å². The first-order valence-electron chi connectivity index (χ1n) is 8.97. The van der Waals surface area contributed by atoms with Crippen molar-refractivity contribution in [2.75, 3.05) is 11.9 Å². The van der Waals surface area contributed by atoms with Gasteiger partial charge in [0.05, 0.1) is 17.6 Å². The molecule has 8 nitrogen and oxygen atoms in total. The second-order valence-electron chi connectivity index (χ2n) is 6.07. The lowest BCUT2D eigenvalue weighted by atomic mass is 10.1. The third-order valence-electron chi connectivity index (χ3n) is 4.22. The zero-order chi connectivity index (χ0) is 20.1. The highest BCUT2D eigenvalue weighted by atomic mass is 16.5. The summed E-state index contributed by atoms with van der Waals surface area (Å²) in [6.07, 6.45) is 0.344. The number of esters is 1. The van der Waals surface area contributed by atoms with E-state index in [2.05, 4.69) is 15.6 Å². The van der Waals surface area contributed by atoms with Crippen LogP contribution in [-0.2, 0) is 9.53 Å². The second-order valence-corrected chi connectivity index (χ2v) is 6.07. The molecule has 0 radical (unpaired) electrons. The molecule has 2 aromatic carbocycles. The Bertz CT molecular complexity index is 1080. The molecular formula is C20H20N4O4. The van der Waals surface area contributed by atoms with Gasteiger partial charge in [0.15, 0.2) is 0 Å². The van der Waals surface area contributed by atoms with E-state index in [-0.39, 0.29) is 12.2 Å². The minimum atomic E-state index is -0.837. The highest BCUT2D eigenvalue weighted by molar-refractivity contribution is 5.96. The number of carbonyl (C=O) groups is 2. The lowest BCUT2D eigenvalue weighted by Gasteiger charge is -2.16. The van der Waals surface area contributed by atoms with Crippen LogP contribution >= 0.6 is 0 Å². The number of amides is 1. The van der Waals surface area contributed by atoms with Crippen molar-refractivity contribution < 1.29 is 14.3 Å². The van der Waals surface area contributed by atoms with Gasteiger partial charge < -0.3 is 10.1 Å². The number of nitrogens with zero attached hydrogens (tertiary/aromatic N) is 3. The summed E-state index contributed by atoms with van der Waals surface area (Å²) in [5.74, 6) is -0.891. The molecule has 144 valence electrons. The lowest BCUT2D eigenvalue weighted by molar-refractivity contribution is -0.119. The molecule has 1 N–H and O–H groups in total. The quantitative estimate of drug-likeness (QED) is 0.659. The SMILES string of the molecule is CCOC(=O)c1cccc(NC(=O)[C@@H](CC)n2nnc3ccccc3c2=O)c1. The molecule has 8 heteroatoms. The van der Waals surface area contributed by atoms with Gasteiger partial charge in [-0.05, 0) is 43.7 Å². The van der Waals surface area contributed by atoms with Crippen LogP contribution < -0.4 is 10.9 Å². The van der Waals surface area contributed by atoms with Crippen molar-refractivity contribution >= 4 is 28.5 Å². The third-order valence-corrected chi connectivity index (χ3v) is 4.22. The fourth-order valence-corrected chi connectivity index (χ4v) is 2.84. The number of aromatic nitrogens is 3. The van der Waals surface area contributed by atoms with E-state index in [9.17, 15) is 14.4 Å². The summed E-state index contributed by atoms with van der Waals surface area (Å²) in [5.41, 5.74) is 0.847. The highest BCUT2D eigenvalue weighted by Crippen LogP contribution is 2.16. The Balaban J connectivity index is 1.87. The van der Waals surface area contributed by atoms with E-state index in [1.54, 1.807) is 56.3 Å². The molecule has 0 saturated carbocycles. The van der Waals surface area contributed by atoms with Crippen LogP contribution in [0, 0.1) is 0 Å². The van der Waals surface area contributed by atoms with Gasteiger partial charge in [0.1, 0.15) is 11.6 Å². The molecule has 0 aliphatic heterocycles. The normalized spacial score (nSPS) is 11.8. The van der Waals surface area contributed by atoms with Gasteiger partial charge in [-0.2, -0.15) is 4.68 Å². The molecule has 0 unspecified atom stereocenters. The van der Waals surface area contributed by atoms with Gasteiger partial charge in [-0.1, -0.05) is 30.3 Å². The van der Waals surface area contributed by atoms with Crippen LogP contribution in [0.2, 0.25) is 0 Å². The summed E-state index contributed by atoms with van der Waals surface area (Å²) in [7, 11) is 0. The Kier molecular flexibility index (Phi) is 5.78. The fourth-order valence-electron chi connectivity index (χ4n) is 2.84. The molecule has 0 fully saturated rings. The van der Waals surface area contributed by atoms with Crippen LogP contribution in [0.15, 0.2) is 53.3 Å². The van der Waals surface area contributed by atoms with Crippen LogP contribution in [0.3, 0.4) is 0 Å². The van der Waals surface area contributed by atoms with Crippen molar-refractivity contribution in [2.24, 2.45) is 0 Å². The molecule has 28 heavy (non-hydrogen) atoms. The topological polar surface area (TPSA) is 103 Å². The smallest absolute Gasteiger partial charge is 0.338 e. The summed E-state index contributed by atoms with van der Waals surface area (Å²) < 4.78 is 6.06. The lowest BCUT2D eigenvalue weighted by Crippen LogP contribution is -2.35. The summed E-state index contributed by atoms with van der Waals surface area (Å²) >= 11 is 0. The van der Waals surface area contributed by atoms with E-state index >= 15 is 0 Å². The Hall–Kier alpha value is -3.55. The molecule has 1 atom stereocenters. The van der Waals surface area contributed by atoms with Gasteiger partial charge in [0, 0.05) is 5.69 Å². The second kappa shape index (κ2) is 8.43. The van der Waals surface area contributed by atoms with Crippen molar-refractivity contribution in [3.63, 3.8) is 0 Å². The van der Waals surface area contributed by atoms with Crippen LogP contribution in [0.4, 0.5) is 5.69 Å². The maximum Gasteiger partial charge on any atom is 0.338 e. The maximum absolute atomic E-state index is 12.8. The number of benzene rings is 2. The number of fused-ring (bicyclic) bond motifs is 1. The first kappa shape index (κ1) is 19.2. The van der Waals surface area contributed by atoms with Crippen molar-refractivity contribution in [2.45, 2.75) is 26.3 Å². The number of hydrogen-bond acceptors (Lipinski definition) is 6. The Morgan fingerprint density at radius 2 is 1.93 bits per heavy atom. The summed E-state index contributed by atoms with van der Waals surface area (Å²) in [6, 6.07) is 12.4. The van der Waals surface area contributed by atoms with Crippen molar-refractivity contribution in [1.29, 1.82) is 0 Å². The maximum atomic E-state index is 12.8. The molecule has 1 aromatic heterocycles. The molecule has 1 heterocycles. The van der Waals surface area contributed by atoms with Gasteiger partial charge in [0.25, 0.3) is 5.56 Å². The Morgan fingerprint density at radius 3 is 2.68 bits per heavy atom. The molecule has 3 aromatic rings. The fraction of sp³-hybridized carbons (Fsp3) is 0.250. The van der Waals surface area contributed by atoms with E-state index < -0.39 is 17.9 Å². The van der Waals surface area contributed by atoms with Crippen LogP contribution in [0.1, 0.15) is 36.7 Å². The third kappa shape index (κ3) is 3.90. The first-order chi connectivity index (χ1) is 13.5. The Morgan fingerprint density at radius 1 is 1.14 bits per heavy atom. The van der Waals surface area contributed by atoms with Crippen LogP contribution in [-0.4, -0.2) is 33.5 Å². The van der Waals surface area contributed by atoms with E-state index in [4.69, 9.17) is 4.74 Å². The average molecular weight is 380 g/mol. The van der Waals surface area contributed by atoms with E-state index in [1.165, 1.54) is 6.07 Å². The zero-order valence-corrected chi connectivity index (χ0v) is 15.6. The number of hydrogen-bond donors (Lipinski definition) is 1. The molecule has 3 rings (SSSR count). The molecule has 0 saturated heterocycles. The summed E-state index contributed by atoms with van der Waals surface area (Å²) in [5, 5.41) is 11.1. The van der Waals surface area contributed by atoms with Crippen LogP contribution in [0.5, 0.6) is 0 Å². The minimum absolute atomic E-state index is 0.261. The number of carbonyl (C=O) groups excluding carboxylic acids is 2. The van der Waals surface area contributed by atoms with E-state index in [0.29, 0.717) is 28.6 Å². The standard InChI is InChI=1S/C20H20N4O4/c1-3-17(24-19(26)15-10-5-6-11-16(15)22-23-24)18(25)21-14-9-7-8-13(12-14)20(27)28-4-2/h5-12,17H,3-4H2,1-2H3,(H,21,25)/t17-/m1/s1. The molecule has 0 aliphatic rings. The van der Waals surface area contributed by atoms with Crippen molar-refractivity contribution in [1.82, 2.24) is 15.0 Å². The van der Waals surface area contributed by atoms with Gasteiger partial charge in [-0.15, -0.1) is 5.10 Å². The van der Waals surface area contributed by atoms with Gasteiger partial charge in [0.2, 0.25) is 5.91 Å². The zero-order valence-electron chi connectivity index (χ0n) is 15.6. The summed E-state index contributed by atoms with van der Waals surface area (Å²) in [4.78, 5) is 37.4. The predicted octanol–water partition coefficient (Wildman–Crippen LogP) is 2.56. The average Bonchev–Trinajstić information content (AvgIpc) is 2.71. The number of ether oxygens (including phenoxy) is 1. The predicted molar refractivity (Wildman–Crippen MR) is 104 cm³/mol. The van der Waals surface area contributed by atoms with Crippen LogP contribution in [0.25, 0.3) is 10.9 Å². The number of anilines is 1. The number of rotatable bonds is 6. The first-order valence-corrected chi connectivity index (χ1v) is 8.97. The van der Waals surface area contributed by atoms with E-state index in [1.807, 2.05) is 0 Å². The molecule has 0 aliphatic carbocycles. The minimum Gasteiger partial charge on any atom is -0.462 e. The highest BCUT2D eigenvalue weighted by Gasteiger charge is 2.22. The largest absolute Gasteiger partial charge is 0.462 e. The van der Waals surface area contributed by atoms with Gasteiger partial charge in [-0.25, -0.2) is 4.79 Å². The number of nitrogens with one attached hydrogen (secondary N) is 1. The van der Waals surface area contributed by atoms with Crippen molar-refractivity contribution in [3.8, 4) is 0 Å². The molecule has 1 amide bonds.